The summed E-state index contributed by atoms with van der Waals surface area (Å²) in [6.45, 7) is 2.29. The van der Waals surface area contributed by atoms with Crippen LogP contribution in [0.15, 0.2) is 60.0 Å². The van der Waals surface area contributed by atoms with Crippen LogP contribution in [0.5, 0.6) is 5.75 Å². The standard InChI is InChI=1S/C19H19NO3S2/c1-15-6-5-7-16(10-15)13-25(21,22)14-17-12-24-19(20-17)11-23-18-8-3-2-4-9-18/h2-10,12H,11,13-14H2,1H3. The van der Waals surface area contributed by atoms with Gasteiger partial charge >= 0.3 is 0 Å². The minimum atomic E-state index is -3.25. The zero-order chi connectivity index (χ0) is 17.7. The molecule has 0 radical (unpaired) electrons. The molecule has 0 fully saturated rings. The predicted octanol–water partition coefficient (Wildman–Crippen LogP) is 4.15. The van der Waals surface area contributed by atoms with E-state index in [9.17, 15) is 8.42 Å². The van der Waals surface area contributed by atoms with E-state index in [1.54, 1.807) is 5.38 Å². The van der Waals surface area contributed by atoms with Gasteiger partial charge in [0.05, 0.1) is 17.2 Å². The molecule has 0 aliphatic rings. The second-order valence-electron chi connectivity index (χ2n) is 5.86. The van der Waals surface area contributed by atoms with Crippen molar-refractivity contribution in [1.82, 2.24) is 4.98 Å². The van der Waals surface area contributed by atoms with E-state index in [1.165, 1.54) is 11.3 Å². The molecular formula is C19H19NO3S2. The number of sulfone groups is 1. The summed E-state index contributed by atoms with van der Waals surface area (Å²) in [5.74, 6) is 0.747. The van der Waals surface area contributed by atoms with Crippen LogP contribution in [0.3, 0.4) is 0 Å². The highest BCUT2D eigenvalue weighted by Gasteiger charge is 2.16. The number of nitrogens with zero attached hydrogens (tertiary/aromatic N) is 1. The van der Waals surface area contributed by atoms with E-state index < -0.39 is 9.84 Å². The first-order chi connectivity index (χ1) is 12.0. The summed E-state index contributed by atoms with van der Waals surface area (Å²) in [5.41, 5.74) is 2.44. The van der Waals surface area contributed by atoms with Crippen LogP contribution in [-0.2, 0) is 27.9 Å². The first-order valence-electron chi connectivity index (χ1n) is 7.87. The first-order valence-corrected chi connectivity index (χ1v) is 10.6. The topological polar surface area (TPSA) is 56.3 Å². The molecule has 0 spiro atoms. The van der Waals surface area contributed by atoms with Gasteiger partial charge in [0.25, 0.3) is 0 Å². The van der Waals surface area contributed by atoms with Crippen LogP contribution >= 0.6 is 11.3 Å². The van der Waals surface area contributed by atoms with Crippen LogP contribution in [0.2, 0.25) is 0 Å². The Morgan fingerprint density at radius 1 is 1.04 bits per heavy atom. The van der Waals surface area contributed by atoms with E-state index in [0.717, 1.165) is 21.9 Å². The monoisotopic (exact) mass is 373 g/mol. The van der Waals surface area contributed by atoms with Gasteiger partial charge in [-0.05, 0) is 24.6 Å². The van der Waals surface area contributed by atoms with Gasteiger partial charge in [0.1, 0.15) is 17.4 Å². The van der Waals surface area contributed by atoms with Gasteiger partial charge in [-0.15, -0.1) is 11.3 Å². The zero-order valence-corrected chi connectivity index (χ0v) is 15.5. The molecule has 0 N–H and O–H groups in total. The minimum Gasteiger partial charge on any atom is -0.486 e. The molecular weight excluding hydrogens is 354 g/mol. The molecule has 6 heteroatoms. The zero-order valence-electron chi connectivity index (χ0n) is 13.9. The Kier molecular flexibility index (Phi) is 5.50. The highest BCUT2D eigenvalue weighted by atomic mass is 32.2. The number of aromatic nitrogens is 1. The van der Waals surface area contributed by atoms with Crippen molar-refractivity contribution in [3.05, 3.63) is 81.8 Å². The van der Waals surface area contributed by atoms with Gasteiger partial charge in [0, 0.05) is 5.38 Å². The number of benzene rings is 2. The fourth-order valence-corrected chi connectivity index (χ4v) is 4.67. The molecule has 1 aromatic heterocycles. The predicted molar refractivity (Wildman–Crippen MR) is 100 cm³/mol. The minimum absolute atomic E-state index is 0.0298. The number of hydrogen-bond donors (Lipinski definition) is 0. The smallest absolute Gasteiger partial charge is 0.160 e. The van der Waals surface area contributed by atoms with E-state index in [0.29, 0.717) is 12.3 Å². The molecule has 0 amide bonds. The number of ether oxygens (including phenoxy) is 1. The Labute approximate surface area is 152 Å². The molecule has 3 aromatic rings. The van der Waals surface area contributed by atoms with Crippen LogP contribution in [0.25, 0.3) is 0 Å². The number of thiazole rings is 1. The lowest BCUT2D eigenvalue weighted by Gasteiger charge is -2.04. The second-order valence-corrected chi connectivity index (χ2v) is 8.86. The highest BCUT2D eigenvalue weighted by Crippen LogP contribution is 2.18. The Hall–Kier alpha value is -2.18. The van der Waals surface area contributed by atoms with Crippen molar-refractivity contribution in [2.24, 2.45) is 0 Å². The third kappa shape index (κ3) is 5.41. The fourth-order valence-electron chi connectivity index (χ4n) is 2.48. The van der Waals surface area contributed by atoms with Crippen LogP contribution in [0.1, 0.15) is 21.8 Å². The van der Waals surface area contributed by atoms with E-state index in [2.05, 4.69) is 4.98 Å². The normalized spacial score (nSPS) is 11.4. The third-order valence-electron chi connectivity index (χ3n) is 3.54. The van der Waals surface area contributed by atoms with Crippen LogP contribution in [-0.4, -0.2) is 13.4 Å². The molecule has 3 rings (SSSR count). The number of aryl methyl sites for hydroxylation is 1. The van der Waals surface area contributed by atoms with E-state index in [-0.39, 0.29) is 11.5 Å². The lowest BCUT2D eigenvalue weighted by Crippen LogP contribution is -2.08. The number of para-hydroxylation sites is 1. The van der Waals surface area contributed by atoms with Crippen molar-refractivity contribution in [2.45, 2.75) is 25.0 Å². The van der Waals surface area contributed by atoms with Crippen LogP contribution in [0.4, 0.5) is 0 Å². The Bertz CT molecular complexity index is 934. The molecule has 130 valence electrons. The maximum atomic E-state index is 12.4. The van der Waals surface area contributed by atoms with Gasteiger partial charge in [-0.25, -0.2) is 13.4 Å². The van der Waals surface area contributed by atoms with Crippen molar-refractivity contribution in [3.63, 3.8) is 0 Å². The Balaban J connectivity index is 1.60. The molecule has 0 bridgehead atoms. The lowest BCUT2D eigenvalue weighted by atomic mass is 10.2. The van der Waals surface area contributed by atoms with Crippen molar-refractivity contribution in [2.75, 3.05) is 0 Å². The summed E-state index contributed by atoms with van der Waals surface area (Å²) in [5, 5.41) is 2.56. The van der Waals surface area contributed by atoms with Crippen molar-refractivity contribution in [3.8, 4) is 5.75 Å². The van der Waals surface area contributed by atoms with Gasteiger partial charge in [-0.1, -0.05) is 48.0 Å². The van der Waals surface area contributed by atoms with E-state index in [1.807, 2.05) is 61.5 Å². The molecule has 0 saturated heterocycles. The number of rotatable bonds is 7. The summed E-state index contributed by atoms with van der Waals surface area (Å²) < 4.78 is 30.4. The van der Waals surface area contributed by atoms with Crippen molar-refractivity contribution < 1.29 is 13.2 Å². The summed E-state index contributed by atoms with van der Waals surface area (Å²) in [6.07, 6.45) is 0. The molecule has 0 saturated carbocycles. The average molecular weight is 373 g/mol. The van der Waals surface area contributed by atoms with Gasteiger partial charge in [-0.3, -0.25) is 0 Å². The van der Waals surface area contributed by atoms with Crippen LogP contribution < -0.4 is 4.74 Å². The molecule has 0 aliphatic carbocycles. The van der Waals surface area contributed by atoms with Gasteiger partial charge < -0.3 is 4.74 Å². The third-order valence-corrected chi connectivity index (χ3v) is 5.92. The molecule has 0 unspecified atom stereocenters. The average Bonchev–Trinajstić information content (AvgIpc) is 3.00. The molecule has 4 nitrogen and oxygen atoms in total. The lowest BCUT2D eigenvalue weighted by molar-refractivity contribution is 0.305. The van der Waals surface area contributed by atoms with Gasteiger partial charge in [0.15, 0.2) is 9.84 Å². The Morgan fingerprint density at radius 3 is 2.60 bits per heavy atom. The maximum absolute atomic E-state index is 12.4. The number of hydrogen-bond acceptors (Lipinski definition) is 5. The Morgan fingerprint density at radius 2 is 1.84 bits per heavy atom. The SMILES string of the molecule is Cc1cccc(CS(=O)(=O)Cc2csc(COc3ccccc3)n2)c1. The van der Waals surface area contributed by atoms with E-state index >= 15 is 0 Å². The molecule has 0 atom stereocenters. The fraction of sp³-hybridized carbons (Fsp3) is 0.211. The van der Waals surface area contributed by atoms with Crippen LogP contribution in [0, 0.1) is 6.92 Å². The van der Waals surface area contributed by atoms with Gasteiger partial charge in [0.2, 0.25) is 0 Å². The summed E-state index contributed by atoms with van der Waals surface area (Å²) in [4.78, 5) is 4.38. The first kappa shape index (κ1) is 17.6. The van der Waals surface area contributed by atoms with Crippen molar-refractivity contribution in [1.29, 1.82) is 0 Å². The maximum Gasteiger partial charge on any atom is 0.160 e. The quantitative estimate of drug-likeness (QED) is 0.624. The highest BCUT2D eigenvalue weighted by molar-refractivity contribution is 7.89. The van der Waals surface area contributed by atoms with Gasteiger partial charge in [-0.2, -0.15) is 0 Å². The summed E-state index contributed by atoms with van der Waals surface area (Å²) in [6, 6.07) is 17.1. The van der Waals surface area contributed by atoms with Crippen molar-refractivity contribution >= 4 is 21.2 Å². The second kappa shape index (κ2) is 7.80. The molecule has 2 aromatic carbocycles. The summed E-state index contributed by atoms with van der Waals surface area (Å²) in [7, 11) is -3.25. The molecule has 1 heterocycles. The largest absolute Gasteiger partial charge is 0.486 e. The van der Waals surface area contributed by atoms with E-state index in [4.69, 9.17) is 4.74 Å². The molecule has 25 heavy (non-hydrogen) atoms. The molecule has 0 aliphatic heterocycles. The summed E-state index contributed by atoms with van der Waals surface area (Å²) >= 11 is 1.42.